The Kier molecular flexibility index (Phi) is 7.21. The number of rotatable bonds is 11. The Morgan fingerprint density at radius 3 is 2.27 bits per heavy atom. The maximum Gasteiger partial charge on any atom is 0.231 e. The summed E-state index contributed by atoms with van der Waals surface area (Å²) in [5.74, 6) is -1.04. The molecule has 37 heavy (non-hydrogen) atoms. The first kappa shape index (κ1) is 24.6. The van der Waals surface area contributed by atoms with Gasteiger partial charge in [-0.1, -0.05) is 12.1 Å². The van der Waals surface area contributed by atoms with E-state index in [-0.39, 0.29) is 11.7 Å². The average molecular weight is 498 g/mol. The number of furan rings is 2. The molecule has 3 aromatic heterocycles. The van der Waals surface area contributed by atoms with Gasteiger partial charge in [-0.2, -0.15) is 5.10 Å². The highest BCUT2D eigenvalue weighted by Gasteiger charge is 2.27. The van der Waals surface area contributed by atoms with Crippen LogP contribution in [0.25, 0.3) is 21.9 Å². The molecule has 0 saturated carbocycles. The quantitative estimate of drug-likeness (QED) is 0.187. The minimum absolute atomic E-state index is 0.0353. The molecule has 5 rings (SSSR count). The van der Waals surface area contributed by atoms with Gasteiger partial charge in [0.25, 0.3) is 0 Å². The van der Waals surface area contributed by atoms with Gasteiger partial charge in [-0.3, -0.25) is 14.3 Å². The van der Waals surface area contributed by atoms with Gasteiger partial charge < -0.3 is 14.2 Å². The van der Waals surface area contributed by atoms with Crippen molar-refractivity contribution in [1.82, 2.24) is 15.1 Å². The molecule has 190 valence electrons. The average Bonchev–Trinajstić information content (AvgIpc) is 3.62. The second-order valence-electron chi connectivity index (χ2n) is 9.63. The lowest BCUT2D eigenvalue weighted by Crippen LogP contribution is -2.36. The number of unbranched alkanes of at least 4 members (excludes halogenated alkanes) is 1. The van der Waals surface area contributed by atoms with Crippen molar-refractivity contribution in [3.05, 3.63) is 89.6 Å². The lowest BCUT2D eigenvalue weighted by atomic mass is 9.92. The number of amides is 1. The number of aryl methyl sites for hydroxylation is 3. The van der Waals surface area contributed by atoms with Crippen LogP contribution in [0.15, 0.2) is 76.0 Å². The maximum absolute atomic E-state index is 13.3. The van der Waals surface area contributed by atoms with Crippen LogP contribution < -0.4 is 5.32 Å². The summed E-state index contributed by atoms with van der Waals surface area (Å²) in [7, 11) is 1.85. The summed E-state index contributed by atoms with van der Waals surface area (Å²) in [5.41, 5.74) is 5.60. The molecule has 1 N–H and O–H groups in total. The normalized spacial score (nSPS) is 12.3. The van der Waals surface area contributed by atoms with E-state index in [0.717, 1.165) is 58.2 Å². The fraction of sp³-hybridized carbons (Fsp3) is 0.300. The Bertz CT molecular complexity index is 1540. The first-order chi connectivity index (χ1) is 18.0. The van der Waals surface area contributed by atoms with Gasteiger partial charge in [0.05, 0.1) is 18.2 Å². The van der Waals surface area contributed by atoms with Gasteiger partial charge in [-0.15, -0.1) is 0 Å². The SMILES string of the molecule is Cc1cc(CC(C(=O)CCCCc2ccc3occc3c2)C(=O)NCc2ccc3occc3c2)n(C)n1. The molecule has 0 spiro atoms. The number of carbonyl (C=O) groups excluding carboxylic acids is 2. The highest BCUT2D eigenvalue weighted by atomic mass is 16.3. The first-order valence-corrected chi connectivity index (χ1v) is 12.7. The van der Waals surface area contributed by atoms with E-state index in [9.17, 15) is 9.59 Å². The second kappa shape index (κ2) is 10.9. The van der Waals surface area contributed by atoms with Crippen LogP contribution in [0.2, 0.25) is 0 Å². The van der Waals surface area contributed by atoms with Gasteiger partial charge >= 0.3 is 0 Å². The molecule has 1 amide bonds. The standard InChI is InChI=1S/C30H31N3O4/c1-20-15-25(33(2)32-20)18-26(30(35)31-19-22-8-10-29-24(17-22)12-14-37-29)27(34)6-4-3-5-21-7-9-28-23(16-21)11-13-36-28/h7-17,26H,3-6,18-19H2,1-2H3,(H,31,35). The number of hydrogen-bond donors (Lipinski definition) is 1. The van der Waals surface area contributed by atoms with Crippen molar-refractivity contribution in [3.63, 3.8) is 0 Å². The highest BCUT2D eigenvalue weighted by molar-refractivity contribution is 6.01. The van der Waals surface area contributed by atoms with Crippen LogP contribution in [-0.4, -0.2) is 21.5 Å². The Morgan fingerprint density at radius 2 is 1.59 bits per heavy atom. The first-order valence-electron chi connectivity index (χ1n) is 12.7. The molecular weight excluding hydrogens is 466 g/mol. The third-order valence-electron chi connectivity index (χ3n) is 6.86. The summed E-state index contributed by atoms with van der Waals surface area (Å²) in [6.45, 7) is 2.26. The van der Waals surface area contributed by atoms with Crippen LogP contribution in [0.3, 0.4) is 0 Å². The van der Waals surface area contributed by atoms with Crippen molar-refractivity contribution in [2.75, 3.05) is 0 Å². The Balaban J connectivity index is 1.21. The molecule has 0 bridgehead atoms. The molecule has 0 radical (unpaired) electrons. The second-order valence-corrected chi connectivity index (χ2v) is 9.63. The third-order valence-corrected chi connectivity index (χ3v) is 6.86. The zero-order chi connectivity index (χ0) is 25.8. The Labute approximate surface area is 215 Å². The molecule has 0 saturated heterocycles. The van der Waals surface area contributed by atoms with Crippen molar-refractivity contribution in [2.24, 2.45) is 13.0 Å². The van der Waals surface area contributed by atoms with Gasteiger partial charge in [0, 0.05) is 42.9 Å². The summed E-state index contributed by atoms with van der Waals surface area (Å²) < 4.78 is 12.6. The van der Waals surface area contributed by atoms with E-state index < -0.39 is 5.92 Å². The lowest BCUT2D eigenvalue weighted by molar-refractivity contribution is -0.134. The molecule has 0 aliphatic rings. The smallest absolute Gasteiger partial charge is 0.231 e. The minimum Gasteiger partial charge on any atom is -0.464 e. The summed E-state index contributed by atoms with van der Waals surface area (Å²) in [6, 6.07) is 17.8. The summed E-state index contributed by atoms with van der Waals surface area (Å²) >= 11 is 0. The van der Waals surface area contributed by atoms with Gasteiger partial charge in [0.2, 0.25) is 5.91 Å². The third kappa shape index (κ3) is 5.82. The molecule has 7 heteroatoms. The van der Waals surface area contributed by atoms with Gasteiger partial charge in [-0.05, 0) is 79.8 Å². The zero-order valence-corrected chi connectivity index (χ0v) is 21.2. The van der Waals surface area contributed by atoms with E-state index in [4.69, 9.17) is 8.83 Å². The molecule has 1 unspecified atom stereocenters. The number of Topliss-reactive ketones (excluding diaryl/α,β-unsaturated/α-hetero) is 1. The number of fused-ring (bicyclic) bond motifs is 2. The van der Waals surface area contributed by atoms with Crippen molar-refractivity contribution in [3.8, 4) is 0 Å². The van der Waals surface area contributed by atoms with Crippen molar-refractivity contribution in [2.45, 2.75) is 45.6 Å². The molecule has 2 aromatic carbocycles. The van der Waals surface area contributed by atoms with E-state index in [2.05, 4.69) is 22.5 Å². The minimum atomic E-state index is -0.755. The number of nitrogens with zero attached hydrogens (tertiary/aromatic N) is 2. The fourth-order valence-corrected chi connectivity index (χ4v) is 4.83. The molecule has 1 atom stereocenters. The predicted molar refractivity (Wildman–Crippen MR) is 142 cm³/mol. The maximum atomic E-state index is 13.3. The number of benzene rings is 2. The summed E-state index contributed by atoms with van der Waals surface area (Å²) in [5, 5.41) is 9.44. The zero-order valence-electron chi connectivity index (χ0n) is 21.2. The molecule has 0 fully saturated rings. The van der Waals surface area contributed by atoms with Gasteiger partial charge in [0.1, 0.15) is 22.9 Å². The monoisotopic (exact) mass is 497 g/mol. The van der Waals surface area contributed by atoms with Crippen LogP contribution in [0.1, 0.15) is 41.8 Å². The van der Waals surface area contributed by atoms with Gasteiger partial charge in [-0.25, -0.2) is 0 Å². The predicted octanol–water partition coefficient (Wildman–Crippen LogP) is 5.68. The van der Waals surface area contributed by atoms with E-state index >= 15 is 0 Å². The number of ketones is 1. The van der Waals surface area contributed by atoms with E-state index in [0.29, 0.717) is 19.4 Å². The van der Waals surface area contributed by atoms with Gasteiger partial charge in [0.15, 0.2) is 0 Å². The van der Waals surface area contributed by atoms with Crippen LogP contribution in [0, 0.1) is 12.8 Å². The molecule has 5 aromatic rings. The summed E-state index contributed by atoms with van der Waals surface area (Å²) in [4.78, 5) is 26.6. The number of nitrogens with one attached hydrogen (secondary N) is 1. The largest absolute Gasteiger partial charge is 0.464 e. The van der Waals surface area contributed by atoms with E-state index in [1.165, 1.54) is 5.56 Å². The molecule has 0 aliphatic heterocycles. The van der Waals surface area contributed by atoms with Crippen molar-refractivity contribution >= 4 is 33.6 Å². The topological polar surface area (TPSA) is 90.3 Å². The number of aromatic nitrogens is 2. The van der Waals surface area contributed by atoms with Crippen molar-refractivity contribution in [1.29, 1.82) is 0 Å². The van der Waals surface area contributed by atoms with Crippen LogP contribution in [0.4, 0.5) is 0 Å². The molecule has 0 aliphatic carbocycles. The number of carbonyl (C=O) groups is 2. The number of hydrogen-bond acceptors (Lipinski definition) is 5. The lowest BCUT2D eigenvalue weighted by Gasteiger charge is -2.16. The molecule has 3 heterocycles. The van der Waals surface area contributed by atoms with Crippen molar-refractivity contribution < 1.29 is 18.4 Å². The molecule has 7 nitrogen and oxygen atoms in total. The Morgan fingerprint density at radius 1 is 0.919 bits per heavy atom. The fourth-order valence-electron chi connectivity index (χ4n) is 4.83. The summed E-state index contributed by atoms with van der Waals surface area (Å²) in [6.07, 6.45) is 6.52. The Hall–Kier alpha value is -4.13. The van der Waals surface area contributed by atoms with E-state index in [1.807, 2.05) is 56.4 Å². The highest BCUT2D eigenvalue weighted by Crippen LogP contribution is 2.20. The van der Waals surface area contributed by atoms with Crippen LogP contribution in [-0.2, 0) is 36.0 Å². The van der Waals surface area contributed by atoms with Crippen LogP contribution >= 0.6 is 0 Å². The van der Waals surface area contributed by atoms with Crippen LogP contribution in [0.5, 0.6) is 0 Å². The molecular formula is C30H31N3O4. The van der Waals surface area contributed by atoms with E-state index in [1.54, 1.807) is 17.2 Å².